The highest BCUT2D eigenvalue weighted by Gasteiger charge is 2.34. The van der Waals surface area contributed by atoms with Gasteiger partial charge in [0.2, 0.25) is 0 Å². The van der Waals surface area contributed by atoms with Gasteiger partial charge in [0.05, 0.1) is 5.60 Å². The van der Waals surface area contributed by atoms with Crippen molar-refractivity contribution in [2.75, 3.05) is 13.2 Å². The molecule has 0 aromatic heterocycles. The van der Waals surface area contributed by atoms with Crippen molar-refractivity contribution in [1.82, 2.24) is 0 Å². The molecule has 0 radical (unpaired) electrons. The quantitative estimate of drug-likeness (QED) is 0.830. The molecule has 1 heterocycles. The number of ether oxygens (including phenoxy) is 1. The Kier molecular flexibility index (Phi) is 3.31. The molecule has 16 heavy (non-hydrogen) atoms. The van der Waals surface area contributed by atoms with Gasteiger partial charge in [-0.3, -0.25) is 0 Å². The van der Waals surface area contributed by atoms with Gasteiger partial charge in [-0.15, -0.1) is 0 Å². The van der Waals surface area contributed by atoms with Gasteiger partial charge < -0.3 is 9.84 Å². The molecule has 1 unspecified atom stereocenters. The highest BCUT2D eigenvalue weighted by atomic mass is 16.5. The van der Waals surface area contributed by atoms with Crippen LogP contribution < -0.4 is 0 Å². The van der Waals surface area contributed by atoms with Crippen molar-refractivity contribution in [2.45, 2.75) is 32.3 Å². The third-order valence-corrected chi connectivity index (χ3v) is 3.65. The molecule has 1 atom stereocenters. The summed E-state index contributed by atoms with van der Waals surface area (Å²) in [5, 5.41) is 10.6. The van der Waals surface area contributed by atoms with E-state index in [4.69, 9.17) is 4.74 Å². The number of benzene rings is 1. The summed E-state index contributed by atoms with van der Waals surface area (Å²) in [7, 11) is 0. The summed E-state index contributed by atoms with van der Waals surface area (Å²) in [6.45, 7) is 5.53. The number of aryl methyl sites for hydroxylation is 1. The average Bonchev–Trinajstić information content (AvgIpc) is 2.31. The van der Waals surface area contributed by atoms with E-state index in [1.807, 2.05) is 19.1 Å². The Morgan fingerprint density at radius 3 is 2.31 bits per heavy atom. The molecule has 0 saturated carbocycles. The van der Waals surface area contributed by atoms with Crippen LogP contribution >= 0.6 is 0 Å². The van der Waals surface area contributed by atoms with E-state index < -0.39 is 5.60 Å². The van der Waals surface area contributed by atoms with E-state index in [0.717, 1.165) is 31.6 Å². The molecule has 1 aliphatic rings. The first-order valence-electron chi connectivity index (χ1n) is 5.98. The van der Waals surface area contributed by atoms with E-state index in [2.05, 4.69) is 19.1 Å². The van der Waals surface area contributed by atoms with Gasteiger partial charge in [0.15, 0.2) is 0 Å². The highest BCUT2D eigenvalue weighted by Crippen LogP contribution is 2.35. The van der Waals surface area contributed by atoms with E-state index in [0.29, 0.717) is 5.92 Å². The normalized spacial score (nSPS) is 21.7. The van der Waals surface area contributed by atoms with Crippen LogP contribution in [-0.2, 0) is 10.3 Å². The minimum atomic E-state index is -0.725. The fourth-order valence-corrected chi connectivity index (χ4v) is 2.39. The van der Waals surface area contributed by atoms with Gasteiger partial charge in [-0.05, 0) is 38.2 Å². The van der Waals surface area contributed by atoms with E-state index >= 15 is 0 Å². The predicted octanol–water partition coefficient (Wildman–Crippen LogP) is 2.63. The summed E-state index contributed by atoms with van der Waals surface area (Å²) in [5.41, 5.74) is 1.52. The third-order valence-electron chi connectivity index (χ3n) is 3.65. The maximum atomic E-state index is 10.6. The Balaban J connectivity index is 2.19. The van der Waals surface area contributed by atoms with Crippen LogP contribution in [0, 0.1) is 12.8 Å². The number of hydrogen-bond acceptors (Lipinski definition) is 2. The lowest BCUT2D eigenvalue weighted by Crippen LogP contribution is -2.35. The van der Waals surface area contributed by atoms with E-state index in [9.17, 15) is 5.11 Å². The Morgan fingerprint density at radius 1 is 1.19 bits per heavy atom. The van der Waals surface area contributed by atoms with Gasteiger partial charge in [-0.1, -0.05) is 29.8 Å². The lowest BCUT2D eigenvalue weighted by molar-refractivity contribution is -0.0579. The van der Waals surface area contributed by atoms with Gasteiger partial charge in [-0.25, -0.2) is 0 Å². The zero-order valence-corrected chi connectivity index (χ0v) is 10.1. The van der Waals surface area contributed by atoms with Gasteiger partial charge >= 0.3 is 0 Å². The third kappa shape index (κ3) is 2.28. The summed E-state index contributed by atoms with van der Waals surface area (Å²) in [4.78, 5) is 0. The molecule has 88 valence electrons. The first-order valence-corrected chi connectivity index (χ1v) is 5.98. The topological polar surface area (TPSA) is 29.5 Å². The maximum Gasteiger partial charge on any atom is 0.0898 e. The number of hydrogen-bond donors (Lipinski definition) is 1. The molecule has 1 saturated heterocycles. The molecule has 2 nitrogen and oxygen atoms in total. The monoisotopic (exact) mass is 220 g/mol. The zero-order chi connectivity index (χ0) is 11.6. The van der Waals surface area contributed by atoms with Crippen LogP contribution in [0.25, 0.3) is 0 Å². The Hall–Kier alpha value is -0.860. The van der Waals surface area contributed by atoms with Gasteiger partial charge in [0, 0.05) is 13.2 Å². The van der Waals surface area contributed by atoms with E-state index in [1.54, 1.807) is 0 Å². The minimum Gasteiger partial charge on any atom is -0.385 e. The van der Waals surface area contributed by atoms with Crippen LogP contribution in [-0.4, -0.2) is 18.3 Å². The van der Waals surface area contributed by atoms with Gasteiger partial charge in [0.25, 0.3) is 0 Å². The molecule has 0 aliphatic carbocycles. The van der Waals surface area contributed by atoms with E-state index in [1.165, 1.54) is 5.56 Å². The summed E-state index contributed by atoms with van der Waals surface area (Å²) in [5.74, 6) is 0.309. The molecular weight excluding hydrogens is 200 g/mol. The predicted molar refractivity (Wildman–Crippen MR) is 64.3 cm³/mol. The standard InChI is InChI=1S/C14H20O2/c1-11-3-5-12(6-4-11)14(2,15)13-7-9-16-10-8-13/h3-6,13,15H,7-10H2,1-2H3. The molecule has 0 spiro atoms. The lowest BCUT2D eigenvalue weighted by Gasteiger charge is -2.36. The Labute approximate surface area is 97.3 Å². The van der Waals surface area contributed by atoms with Crippen molar-refractivity contribution < 1.29 is 9.84 Å². The number of rotatable bonds is 2. The SMILES string of the molecule is Cc1ccc(C(C)(O)C2CCOCC2)cc1. The highest BCUT2D eigenvalue weighted by molar-refractivity contribution is 5.26. The van der Waals surface area contributed by atoms with Crippen molar-refractivity contribution in [3.63, 3.8) is 0 Å². The first-order chi connectivity index (χ1) is 7.60. The Morgan fingerprint density at radius 2 is 1.75 bits per heavy atom. The zero-order valence-electron chi connectivity index (χ0n) is 10.1. The fraction of sp³-hybridized carbons (Fsp3) is 0.571. The fourth-order valence-electron chi connectivity index (χ4n) is 2.39. The van der Waals surface area contributed by atoms with Crippen LogP contribution in [0.15, 0.2) is 24.3 Å². The molecule has 2 rings (SSSR count). The van der Waals surface area contributed by atoms with Crippen LogP contribution in [0.3, 0.4) is 0 Å². The molecule has 2 heteroatoms. The second-order valence-electron chi connectivity index (χ2n) is 4.90. The van der Waals surface area contributed by atoms with Crippen LogP contribution in [0.1, 0.15) is 30.9 Å². The van der Waals surface area contributed by atoms with Crippen molar-refractivity contribution in [3.05, 3.63) is 35.4 Å². The van der Waals surface area contributed by atoms with Crippen molar-refractivity contribution in [2.24, 2.45) is 5.92 Å². The van der Waals surface area contributed by atoms with Crippen molar-refractivity contribution in [3.8, 4) is 0 Å². The summed E-state index contributed by atoms with van der Waals surface area (Å²) in [6.07, 6.45) is 1.89. The molecule has 0 bridgehead atoms. The van der Waals surface area contributed by atoms with Crippen molar-refractivity contribution >= 4 is 0 Å². The summed E-state index contributed by atoms with van der Waals surface area (Å²) < 4.78 is 5.34. The molecule has 1 aromatic carbocycles. The van der Waals surface area contributed by atoms with Crippen LogP contribution in [0.4, 0.5) is 0 Å². The smallest absolute Gasteiger partial charge is 0.0898 e. The number of aliphatic hydroxyl groups is 1. The summed E-state index contributed by atoms with van der Waals surface area (Å²) >= 11 is 0. The molecule has 1 aliphatic heterocycles. The van der Waals surface area contributed by atoms with Gasteiger partial charge in [-0.2, -0.15) is 0 Å². The maximum absolute atomic E-state index is 10.6. The second kappa shape index (κ2) is 4.56. The molecule has 1 fully saturated rings. The molecule has 0 amide bonds. The van der Waals surface area contributed by atoms with E-state index in [-0.39, 0.29) is 0 Å². The van der Waals surface area contributed by atoms with Crippen molar-refractivity contribution in [1.29, 1.82) is 0 Å². The van der Waals surface area contributed by atoms with Crippen LogP contribution in [0.2, 0.25) is 0 Å². The summed E-state index contributed by atoms with van der Waals surface area (Å²) in [6, 6.07) is 8.18. The molecule has 1 aromatic rings. The van der Waals surface area contributed by atoms with Crippen LogP contribution in [0.5, 0.6) is 0 Å². The molecular formula is C14H20O2. The minimum absolute atomic E-state index is 0.309. The Bertz CT molecular complexity index is 334. The second-order valence-corrected chi connectivity index (χ2v) is 4.90. The largest absolute Gasteiger partial charge is 0.385 e. The first kappa shape index (κ1) is 11.6. The lowest BCUT2D eigenvalue weighted by atomic mass is 9.78. The molecule has 1 N–H and O–H groups in total. The van der Waals surface area contributed by atoms with Gasteiger partial charge in [0.1, 0.15) is 0 Å². The average molecular weight is 220 g/mol.